The fraction of sp³-hybridized carbons (Fsp3) is 0.217. The molecule has 0 spiro atoms. The summed E-state index contributed by atoms with van der Waals surface area (Å²) in [7, 11) is 0. The zero-order chi connectivity index (χ0) is 19.5. The van der Waals surface area contributed by atoms with Gasteiger partial charge in [0.25, 0.3) is 5.91 Å². The highest BCUT2D eigenvalue weighted by atomic mass is 16.3. The van der Waals surface area contributed by atoms with Crippen LogP contribution < -0.4 is 5.32 Å². The second-order valence-electron chi connectivity index (χ2n) is 6.97. The molecule has 5 heteroatoms. The van der Waals surface area contributed by atoms with Gasteiger partial charge in [-0.2, -0.15) is 5.10 Å². The topological polar surface area (TPSA) is 64.9 Å². The maximum Gasteiger partial charge on any atom is 0.276 e. The number of benzene rings is 2. The summed E-state index contributed by atoms with van der Waals surface area (Å²) in [5.41, 5.74) is 3.72. The van der Waals surface area contributed by atoms with Crippen LogP contribution in [0.4, 0.5) is 5.69 Å². The number of hydrazone groups is 1. The van der Waals surface area contributed by atoms with E-state index in [-0.39, 0.29) is 17.7 Å². The maximum absolute atomic E-state index is 13.4. The predicted molar refractivity (Wildman–Crippen MR) is 111 cm³/mol. The van der Waals surface area contributed by atoms with Crippen LogP contribution in [0.1, 0.15) is 41.7 Å². The van der Waals surface area contributed by atoms with E-state index < -0.39 is 0 Å². The largest absolute Gasteiger partial charge is 0.508 e. The lowest BCUT2D eigenvalue weighted by molar-refractivity contribution is 0.0699. The van der Waals surface area contributed by atoms with Gasteiger partial charge in [0.1, 0.15) is 5.76 Å². The summed E-state index contributed by atoms with van der Waals surface area (Å²) in [6, 6.07) is 17.1. The fourth-order valence-electron chi connectivity index (χ4n) is 3.64. The number of aliphatic hydroxyl groups is 1. The molecule has 0 saturated heterocycles. The fourth-order valence-corrected chi connectivity index (χ4v) is 3.64. The number of hydrogen-bond donors (Lipinski definition) is 2. The summed E-state index contributed by atoms with van der Waals surface area (Å²) in [6.45, 7) is 2.38. The zero-order valence-corrected chi connectivity index (χ0v) is 15.8. The minimum Gasteiger partial charge on any atom is -0.508 e. The van der Waals surface area contributed by atoms with Crippen LogP contribution in [0.2, 0.25) is 0 Å². The Hall–Kier alpha value is -3.34. The molecule has 5 nitrogen and oxygen atoms in total. The molecular weight excluding hydrogens is 350 g/mol. The number of fused-ring (bicyclic) bond motifs is 1. The van der Waals surface area contributed by atoms with Crippen molar-refractivity contribution in [1.29, 1.82) is 0 Å². The van der Waals surface area contributed by atoms with Gasteiger partial charge < -0.3 is 10.4 Å². The summed E-state index contributed by atoms with van der Waals surface area (Å²) in [5, 5.41) is 19.9. The van der Waals surface area contributed by atoms with Gasteiger partial charge in [-0.25, -0.2) is 5.01 Å². The van der Waals surface area contributed by atoms with Crippen molar-refractivity contribution < 1.29 is 9.90 Å². The first kappa shape index (κ1) is 18.0. The molecule has 142 valence electrons. The lowest BCUT2D eigenvalue weighted by Gasteiger charge is -2.27. The first-order valence-electron chi connectivity index (χ1n) is 9.52. The van der Waals surface area contributed by atoms with Crippen molar-refractivity contribution in [2.75, 3.05) is 11.9 Å². The highest BCUT2D eigenvalue weighted by Gasteiger charge is 2.31. The molecular formula is C23H23N3O2. The normalized spacial score (nSPS) is 19.9. The summed E-state index contributed by atoms with van der Waals surface area (Å²) >= 11 is 0. The first-order valence-corrected chi connectivity index (χ1v) is 9.52. The average Bonchev–Trinajstić information content (AvgIpc) is 2.86. The summed E-state index contributed by atoms with van der Waals surface area (Å²) in [5.74, 6) is 0.0678. The van der Waals surface area contributed by atoms with Crippen molar-refractivity contribution in [3.05, 3.63) is 89.2 Å². The van der Waals surface area contributed by atoms with Crippen LogP contribution in [0.5, 0.6) is 0 Å². The first-order chi connectivity index (χ1) is 13.6. The number of anilines is 1. The number of rotatable bonds is 3. The number of amides is 1. The van der Waals surface area contributed by atoms with E-state index in [2.05, 4.69) is 5.32 Å². The maximum atomic E-state index is 13.4. The molecule has 1 heterocycles. The Labute approximate surface area is 164 Å². The average molecular weight is 373 g/mol. The third-order valence-corrected chi connectivity index (χ3v) is 5.11. The van der Waals surface area contributed by atoms with Gasteiger partial charge in [-0.05, 0) is 43.5 Å². The van der Waals surface area contributed by atoms with E-state index in [0.717, 1.165) is 24.1 Å². The van der Waals surface area contributed by atoms with Crippen LogP contribution in [0, 0.1) is 0 Å². The Kier molecular flexibility index (Phi) is 4.98. The Balaban J connectivity index is 1.78. The Morgan fingerprint density at radius 2 is 1.79 bits per heavy atom. The van der Waals surface area contributed by atoms with Crippen LogP contribution in [-0.2, 0) is 0 Å². The SMILES string of the molecule is C/C(=N\N1C(=O)c2ccccc2NCC1c1ccccc1)C1=CCCC=C1O. The van der Waals surface area contributed by atoms with Crippen LogP contribution in [-0.4, -0.2) is 28.3 Å². The molecule has 28 heavy (non-hydrogen) atoms. The van der Waals surface area contributed by atoms with Gasteiger partial charge in [-0.1, -0.05) is 48.5 Å². The van der Waals surface area contributed by atoms with E-state index in [1.807, 2.05) is 67.6 Å². The molecule has 1 aliphatic heterocycles. The number of nitrogens with one attached hydrogen (secondary N) is 1. The van der Waals surface area contributed by atoms with Crippen LogP contribution in [0.25, 0.3) is 0 Å². The summed E-state index contributed by atoms with van der Waals surface area (Å²) in [4.78, 5) is 13.4. The molecule has 1 aliphatic carbocycles. The predicted octanol–water partition coefficient (Wildman–Crippen LogP) is 4.83. The summed E-state index contributed by atoms with van der Waals surface area (Å²) in [6.07, 6.45) is 5.44. The molecule has 0 radical (unpaired) electrons. The number of para-hydroxylation sites is 1. The Bertz CT molecular complexity index is 976. The van der Waals surface area contributed by atoms with Crippen molar-refractivity contribution in [1.82, 2.24) is 5.01 Å². The van der Waals surface area contributed by atoms with Crippen LogP contribution in [0.3, 0.4) is 0 Å². The Morgan fingerprint density at radius 1 is 1.07 bits per heavy atom. The zero-order valence-electron chi connectivity index (χ0n) is 15.8. The van der Waals surface area contributed by atoms with E-state index in [0.29, 0.717) is 23.4 Å². The van der Waals surface area contributed by atoms with Gasteiger partial charge in [0.05, 0.1) is 17.3 Å². The van der Waals surface area contributed by atoms with Crippen molar-refractivity contribution in [2.24, 2.45) is 5.10 Å². The van der Waals surface area contributed by atoms with Gasteiger partial charge >= 0.3 is 0 Å². The third-order valence-electron chi connectivity index (χ3n) is 5.11. The van der Waals surface area contributed by atoms with E-state index >= 15 is 0 Å². The number of nitrogens with zero attached hydrogens (tertiary/aromatic N) is 2. The minimum absolute atomic E-state index is 0.159. The molecule has 2 aliphatic rings. The minimum atomic E-state index is -0.258. The number of allylic oxidation sites excluding steroid dienone is 3. The molecule has 2 aromatic carbocycles. The molecule has 0 bridgehead atoms. The van der Waals surface area contributed by atoms with E-state index in [9.17, 15) is 9.90 Å². The highest BCUT2D eigenvalue weighted by Crippen LogP contribution is 2.31. The molecule has 4 rings (SSSR count). The van der Waals surface area contributed by atoms with Gasteiger partial charge in [0.15, 0.2) is 0 Å². The van der Waals surface area contributed by atoms with Crippen LogP contribution >= 0.6 is 0 Å². The van der Waals surface area contributed by atoms with E-state index in [1.54, 1.807) is 11.1 Å². The van der Waals surface area contributed by atoms with Crippen molar-refractivity contribution in [2.45, 2.75) is 25.8 Å². The van der Waals surface area contributed by atoms with Crippen molar-refractivity contribution in [3.63, 3.8) is 0 Å². The van der Waals surface area contributed by atoms with Crippen molar-refractivity contribution in [3.8, 4) is 0 Å². The molecule has 2 aromatic rings. The molecule has 1 atom stereocenters. The quantitative estimate of drug-likeness (QED) is 0.757. The van der Waals surface area contributed by atoms with Crippen LogP contribution in [0.15, 0.2) is 83.2 Å². The molecule has 0 fully saturated rings. The van der Waals surface area contributed by atoms with E-state index in [4.69, 9.17) is 5.10 Å². The summed E-state index contributed by atoms with van der Waals surface area (Å²) < 4.78 is 0. The molecule has 1 unspecified atom stereocenters. The lowest BCUT2D eigenvalue weighted by Crippen LogP contribution is -2.33. The number of aliphatic hydroxyl groups excluding tert-OH is 1. The smallest absolute Gasteiger partial charge is 0.276 e. The molecule has 2 N–H and O–H groups in total. The standard InChI is InChI=1S/C23H23N3O2/c1-16(18-11-6-8-14-22(18)27)25-26-21(17-9-3-2-4-10-17)15-24-20-13-7-5-12-19(20)23(26)28/h2-5,7,9-14,21,24,27H,6,8,15H2,1H3/b25-16+. The molecule has 0 saturated carbocycles. The number of hydrogen-bond acceptors (Lipinski definition) is 4. The molecule has 1 amide bonds. The number of carbonyl (C=O) groups is 1. The second-order valence-corrected chi connectivity index (χ2v) is 6.97. The Morgan fingerprint density at radius 3 is 2.57 bits per heavy atom. The van der Waals surface area contributed by atoms with E-state index in [1.165, 1.54) is 0 Å². The van der Waals surface area contributed by atoms with Gasteiger partial charge in [0, 0.05) is 17.8 Å². The van der Waals surface area contributed by atoms with Crippen molar-refractivity contribution >= 4 is 17.3 Å². The lowest BCUT2D eigenvalue weighted by atomic mass is 10.0. The molecule has 0 aromatic heterocycles. The number of carbonyl (C=O) groups excluding carboxylic acids is 1. The third kappa shape index (κ3) is 3.43. The van der Waals surface area contributed by atoms with Gasteiger partial charge in [-0.3, -0.25) is 4.79 Å². The van der Waals surface area contributed by atoms with Gasteiger partial charge in [0.2, 0.25) is 0 Å². The highest BCUT2D eigenvalue weighted by molar-refractivity contribution is 6.04. The second kappa shape index (κ2) is 7.72. The monoisotopic (exact) mass is 373 g/mol. The van der Waals surface area contributed by atoms with Gasteiger partial charge in [-0.15, -0.1) is 0 Å².